The molecule has 1 aromatic carbocycles. The molecule has 0 saturated carbocycles. The van der Waals surface area contributed by atoms with Crippen molar-refractivity contribution in [1.29, 1.82) is 0 Å². The molecule has 2 rings (SSSR count). The van der Waals surface area contributed by atoms with Crippen LogP contribution >= 0.6 is 0 Å². The first kappa shape index (κ1) is 13.4. The van der Waals surface area contributed by atoms with Crippen LogP contribution in [0, 0.1) is 0 Å². The highest BCUT2D eigenvalue weighted by molar-refractivity contribution is 7.89. The third kappa shape index (κ3) is 3.49. The molecule has 0 saturated heterocycles. The van der Waals surface area contributed by atoms with Gasteiger partial charge in [0.05, 0.1) is 22.5 Å². The first-order valence-electron chi connectivity index (χ1n) is 5.65. The summed E-state index contributed by atoms with van der Waals surface area (Å²) in [6.45, 7) is 0.631. The summed E-state index contributed by atoms with van der Waals surface area (Å²) < 4.78 is 27.5. The van der Waals surface area contributed by atoms with E-state index >= 15 is 0 Å². The third-order valence-corrected chi connectivity index (χ3v) is 3.53. The maximum absolute atomic E-state index is 11.2. The van der Waals surface area contributed by atoms with E-state index < -0.39 is 10.0 Å². The monoisotopic (exact) mass is 281 g/mol. The van der Waals surface area contributed by atoms with E-state index in [1.54, 1.807) is 12.3 Å². The molecule has 0 atom stereocenters. The number of furan rings is 1. The van der Waals surface area contributed by atoms with Gasteiger partial charge in [-0.3, -0.25) is 0 Å². The lowest BCUT2D eigenvalue weighted by Crippen LogP contribution is -2.13. The third-order valence-electron chi connectivity index (χ3n) is 2.62. The molecule has 1 aromatic heterocycles. The van der Waals surface area contributed by atoms with Gasteiger partial charge in [0.25, 0.3) is 0 Å². The lowest BCUT2D eigenvalue weighted by molar-refractivity contribution is 0.513. The molecule has 0 aliphatic rings. The fourth-order valence-corrected chi connectivity index (χ4v) is 2.20. The first-order chi connectivity index (χ1) is 8.97. The molecule has 0 spiro atoms. The summed E-state index contributed by atoms with van der Waals surface area (Å²) in [5.41, 5.74) is 6.78. The van der Waals surface area contributed by atoms with Crippen LogP contribution in [-0.2, 0) is 16.4 Å². The van der Waals surface area contributed by atoms with Crippen molar-refractivity contribution in [3.63, 3.8) is 0 Å². The Morgan fingerprint density at radius 3 is 2.63 bits per heavy atom. The van der Waals surface area contributed by atoms with E-state index in [2.05, 4.69) is 5.32 Å². The van der Waals surface area contributed by atoms with Crippen molar-refractivity contribution in [3.05, 3.63) is 42.4 Å². The Balaban J connectivity index is 2.01. The van der Waals surface area contributed by atoms with Crippen LogP contribution in [0.2, 0.25) is 0 Å². The molecule has 1 heterocycles. The highest BCUT2D eigenvalue weighted by Crippen LogP contribution is 2.21. The molecule has 2 aromatic rings. The average Bonchev–Trinajstić information content (AvgIpc) is 2.83. The summed E-state index contributed by atoms with van der Waals surface area (Å²) in [4.78, 5) is 0.00147. The van der Waals surface area contributed by atoms with Gasteiger partial charge in [-0.2, -0.15) is 0 Å². The Morgan fingerprint density at radius 1 is 1.26 bits per heavy atom. The minimum atomic E-state index is -3.72. The summed E-state index contributed by atoms with van der Waals surface area (Å²) in [5, 5.41) is 8.13. The van der Waals surface area contributed by atoms with Crippen LogP contribution < -0.4 is 16.2 Å². The number of primary sulfonamides is 1. The number of anilines is 2. The highest BCUT2D eigenvalue weighted by Gasteiger charge is 2.09. The maximum atomic E-state index is 11.2. The molecule has 102 valence electrons. The topological polar surface area (TPSA) is 111 Å². The number of hydrogen-bond donors (Lipinski definition) is 3. The summed E-state index contributed by atoms with van der Waals surface area (Å²) >= 11 is 0. The highest BCUT2D eigenvalue weighted by atomic mass is 32.2. The van der Waals surface area contributed by atoms with Crippen molar-refractivity contribution in [3.8, 4) is 0 Å². The van der Waals surface area contributed by atoms with Gasteiger partial charge in [-0.1, -0.05) is 0 Å². The molecule has 5 N–H and O–H groups in total. The molecule has 0 bridgehead atoms. The SMILES string of the molecule is Nc1cc(S(N)(=O)=O)ccc1NCCc1ccco1. The van der Waals surface area contributed by atoms with E-state index in [0.29, 0.717) is 24.3 Å². The van der Waals surface area contributed by atoms with Gasteiger partial charge in [-0.15, -0.1) is 0 Å². The summed E-state index contributed by atoms with van der Waals surface area (Å²) in [7, 11) is -3.72. The van der Waals surface area contributed by atoms with Gasteiger partial charge in [0.15, 0.2) is 0 Å². The number of benzene rings is 1. The van der Waals surface area contributed by atoms with Crippen LogP contribution in [0.15, 0.2) is 45.9 Å². The molecule has 0 aliphatic carbocycles. The van der Waals surface area contributed by atoms with Crippen LogP contribution in [0.3, 0.4) is 0 Å². The van der Waals surface area contributed by atoms with Crippen LogP contribution in [-0.4, -0.2) is 15.0 Å². The minimum Gasteiger partial charge on any atom is -0.469 e. The fraction of sp³-hybridized carbons (Fsp3) is 0.167. The molecule has 0 amide bonds. The van der Waals surface area contributed by atoms with E-state index in [1.807, 2.05) is 12.1 Å². The smallest absolute Gasteiger partial charge is 0.238 e. The van der Waals surface area contributed by atoms with E-state index in [-0.39, 0.29) is 4.90 Å². The predicted molar refractivity (Wildman–Crippen MR) is 73.1 cm³/mol. The van der Waals surface area contributed by atoms with Gasteiger partial charge in [0.1, 0.15) is 5.76 Å². The van der Waals surface area contributed by atoms with Crippen LogP contribution in [0.4, 0.5) is 11.4 Å². The van der Waals surface area contributed by atoms with E-state index in [0.717, 1.165) is 5.76 Å². The Bertz CT molecular complexity index is 651. The number of hydrogen-bond acceptors (Lipinski definition) is 5. The van der Waals surface area contributed by atoms with Gasteiger partial charge >= 0.3 is 0 Å². The first-order valence-corrected chi connectivity index (χ1v) is 7.20. The van der Waals surface area contributed by atoms with E-state index in [1.165, 1.54) is 12.1 Å². The molecular weight excluding hydrogens is 266 g/mol. The standard InChI is InChI=1S/C12H15N3O3S/c13-11-8-10(19(14,16)17)3-4-12(11)15-6-5-9-2-1-7-18-9/h1-4,7-8,15H,5-6,13H2,(H2,14,16,17). The summed E-state index contributed by atoms with van der Waals surface area (Å²) in [6, 6.07) is 8.06. The second-order valence-corrected chi connectivity index (χ2v) is 5.61. The Labute approximate surface area is 111 Å². The molecule has 0 unspecified atom stereocenters. The largest absolute Gasteiger partial charge is 0.469 e. The predicted octanol–water partition coefficient (Wildman–Crippen LogP) is 1.16. The number of sulfonamides is 1. The van der Waals surface area contributed by atoms with Gasteiger partial charge < -0.3 is 15.5 Å². The Kier molecular flexibility index (Phi) is 3.77. The number of nitrogen functional groups attached to an aromatic ring is 1. The molecular formula is C12H15N3O3S. The van der Waals surface area contributed by atoms with Crippen molar-refractivity contribution in [1.82, 2.24) is 0 Å². The van der Waals surface area contributed by atoms with Crippen LogP contribution in [0.1, 0.15) is 5.76 Å². The van der Waals surface area contributed by atoms with Crippen LogP contribution in [0.5, 0.6) is 0 Å². The van der Waals surface area contributed by atoms with Gasteiger partial charge in [-0.25, -0.2) is 13.6 Å². The number of nitrogens with two attached hydrogens (primary N) is 2. The lowest BCUT2D eigenvalue weighted by atomic mass is 10.2. The van der Waals surface area contributed by atoms with Crippen molar-refractivity contribution < 1.29 is 12.8 Å². The zero-order chi connectivity index (χ0) is 13.9. The second-order valence-electron chi connectivity index (χ2n) is 4.05. The lowest BCUT2D eigenvalue weighted by Gasteiger charge is -2.09. The van der Waals surface area contributed by atoms with Gasteiger partial charge in [-0.05, 0) is 30.3 Å². The quantitative estimate of drug-likeness (QED) is 0.712. The minimum absolute atomic E-state index is 0.00147. The summed E-state index contributed by atoms with van der Waals surface area (Å²) in [5.74, 6) is 0.868. The number of rotatable bonds is 5. The van der Waals surface area contributed by atoms with Crippen molar-refractivity contribution in [2.75, 3.05) is 17.6 Å². The molecule has 0 aliphatic heterocycles. The molecule has 7 heteroatoms. The molecule has 0 fully saturated rings. The molecule has 6 nitrogen and oxygen atoms in total. The molecule has 0 radical (unpaired) electrons. The Morgan fingerprint density at radius 2 is 2.05 bits per heavy atom. The zero-order valence-corrected chi connectivity index (χ0v) is 11.0. The second kappa shape index (κ2) is 5.33. The van der Waals surface area contributed by atoms with Crippen molar-refractivity contribution in [2.24, 2.45) is 5.14 Å². The average molecular weight is 281 g/mol. The van der Waals surface area contributed by atoms with E-state index in [9.17, 15) is 8.42 Å². The van der Waals surface area contributed by atoms with Gasteiger partial charge in [0.2, 0.25) is 10.0 Å². The van der Waals surface area contributed by atoms with Gasteiger partial charge in [0, 0.05) is 13.0 Å². The van der Waals surface area contributed by atoms with Crippen molar-refractivity contribution in [2.45, 2.75) is 11.3 Å². The molecule has 19 heavy (non-hydrogen) atoms. The van der Waals surface area contributed by atoms with Crippen molar-refractivity contribution >= 4 is 21.4 Å². The number of nitrogens with one attached hydrogen (secondary N) is 1. The fourth-order valence-electron chi connectivity index (χ4n) is 1.65. The van der Waals surface area contributed by atoms with E-state index in [4.69, 9.17) is 15.3 Å². The zero-order valence-electron chi connectivity index (χ0n) is 10.2. The maximum Gasteiger partial charge on any atom is 0.238 e. The summed E-state index contributed by atoms with van der Waals surface area (Å²) in [6.07, 6.45) is 2.33. The Hall–Kier alpha value is -1.99. The van der Waals surface area contributed by atoms with Crippen LogP contribution in [0.25, 0.3) is 0 Å². The normalized spacial score (nSPS) is 11.4.